The maximum atomic E-state index is 12.6. The maximum Gasteiger partial charge on any atom is 0.238 e. The maximum absolute atomic E-state index is 12.6. The molecular formula is C18H24ClN3O2S. The molecule has 2 heterocycles. The van der Waals surface area contributed by atoms with E-state index in [1.807, 2.05) is 18.0 Å². The van der Waals surface area contributed by atoms with E-state index in [-0.39, 0.29) is 23.5 Å². The van der Waals surface area contributed by atoms with E-state index in [4.69, 9.17) is 11.6 Å². The van der Waals surface area contributed by atoms with E-state index in [0.29, 0.717) is 10.9 Å². The van der Waals surface area contributed by atoms with Crippen LogP contribution in [0.5, 0.6) is 0 Å². The molecule has 2 N–H and O–H groups in total. The molecule has 5 nitrogen and oxygen atoms in total. The second kappa shape index (κ2) is 8.43. The molecule has 3 rings (SSSR count). The first-order valence-electron chi connectivity index (χ1n) is 8.76. The summed E-state index contributed by atoms with van der Waals surface area (Å²) in [5.74, 6) is 0.662. The van der Waals surface area contributed by atoms with Gasteiger partial charge in [0.2, 0.25) is 11.8 Å². The lowest BCUT2D eigenvalue weighted by atomic mass is 9.93. The third kappa shape index (κ3) is 4.68. The summed E-state index contributed by atoms with van der Waals surface area (Å²) in [6.07, 6.45) is 3.52. The number of carbonyl (C=O) groups excluding carboxylic acids is 2. The number of halogens is 1. The highest BCUT2D eigenvalue weighted by atomic mass is 35.5. The molecule has 1 aromatic rings. The van der Waals surface area contributed by atoms with Crippen molar-refractivity contribution in [2.24, 2.45) is 5.92 Å². The van der Waals surface area contributed by atoms with Crippen molar-refractivity contribution in [1.29, 1.82) is 0 Å². The second-order valence-corrected chi connectivity index (χ2v) is 8.34. The van der Waals surface area contributed by atoms with Crippen LogP contribution in [0.25, 0.3) is 0 Å². The van der Waals surface area contributed by atoms with Crippen LogP contribution >= 0.6 is 23.4 Å². The Hall–Kier alpha value is -1.24. The van der Waals surface area contributed by atoms with Gasteiger partial charge in [0.25, 0.3) is 0 Å². The smallest absolute Gasteiger partial charge is 0.238 e. The van der Waals surface area contributed by atoms with Gasteiger partial charge in [-0.3, -0.25) is 9.59 Å². The first-order chi connectivity index (χ1) is 12.1. The van der Waals surface area contributed by atoms with Gasteiger partial charge in [-0.15, -0.1) is 11.8 Å². The Morgan fingerprint density at radius 2 is 2.16 bits per heavy atom. The van der Waals surface area contributed by atoms with E-state index in [1.54, 1.807) is 12.1 Å². The topological polar surface area (TPSA) is 61.4 Å². The molecule has 0 radical (unpaired) electrons. The summed E-state index contributed by atoms with van der Waals surface area (Å²) in [5, 5.41) is 6.27. The Balaban J connectivity index is 1.53. The van der Waals surface area contributed by atoms with Crippen LogP contribution in [0.1, 0.15) is 25.7 Å². The Bertz CT molecular complexity index is 647. The number of benzene rings is 1. The SMILES string of the molecule is CNCCC1CCN(C(=O)CC2Sc3ccc(Cl)cc3NC2=O)CC1. The lowest BCUT2D eigenvalue weighted by Crippen LogP contribution is -2.41. The number of hydrogen-bond acceptors (Lipinski definition) is 4. The predicted molar refractivity (Wildman–Crippen MR) is 102 cm³/mol. The van der Waals surface area contributed by atoms with Gasteiger partial charge in [0.1, 0.15) is 0 Å². The third-order valence-corrected chi connectivity index (χ3v) is 6.40. The van der Waals surface area contributed by atoms with Gasteiger partial charge in [-0.1, -0.05) is 11.6 Å². The summed E-state index contributed by atoms with van der Waals surface area (Å²) in [6, 6.07) is 5.45. The standard InChI is InChI=1S/C18H24ClN3O2S/c1-20-7-4-12-5-8-22(9-6-12)17(23)11-16-18(24)21-14-10-13(19)2-3-15(14)25-16/h2-3,10,12,16,20H,4-9,11H2,1H3,(H,21,24). The van der Waals surface area contributed by atoms with E-state index in [0.717, 1.165) is 43.1 Å². The summed E-state index contributed by atoms with van der Waals surface area (Å²) in [4.78, 5) is 27.8. The predicted octanol–water partition coefficient (Wildman–Crippen LogP) is 2.99. The molecule has 0 aromatic heterocycles. The van der Waals surface area contributed by atoms with E-state index in [9.17, 15) is 9.59 Å². The zero-order valence-corrected chi connectivity index (χ0v) is 16.0. The fraction of sp³-hybridized carbons (Fsp3) is 0.556. The number of hydrogen-bond donors (Lipinski definition) is 2. The van der Waals surface area contributed by atoms with Crippen molar-refractivity contribution >= 4 is 40.9 Å². The molecule has 7 heteroatoms. The van der Waals surface area contributed by atoms with Crippen LogP contribution in [-0.2, 0) is 9.59 Å². The van der Waals surface area contributed by atoms with Crippen LogP contribution < -0.4 is 10.6 Å². The highest BCUT2D eigenvalue weighted by Crippen LogP contribution is 2.38. The molecule has 2 aliphatic rings. The van der Waals surface area contributed by atoms with Crippen LogP contribution in [0.4, 0.5) is 5.69 Å². The van der Waals surface area contributed by atoms with E-state index >= 15 is 0 Å². The first kappa shape index (κ1) is 18.5. The normalized spacial score (nSPS) is 21.0. The largest absolute Gasteiger partial charge is 0.343 e. The summed E-state index contributed by atoms with van der Waals surface area (Å²) < 4.78 is 0. The first-order valence-corrected chi connectivity index (χ1v) is 10.0. The van der Waals surface area contributed by atoms with E-state index < -0.39 is 0 Å². The van der Waals surface area contributed by atoms with Crippen LogP contribution in [-0.4, -0.2) is 48.6 Å². The summed E-state index contributed by atoms with van der Waals surface area (Å²) >= 11 is 7.42. The van der Waals surface area contributed by atoms with Crippen LogP contribution in [0.2, 0.25) is 5.02 Å². The summed E-state index contributed by atoms with van der Waals surface area (Å²) in [6.45, 7) is 2.64. The zero-order valence-electron chi connectivity index (χ0n) is 14.4. The minimum atomic E-state index is -0.372. The highest BCUT2D eigenvalue weighted by molar-refractivity contribution is 8.01. The van der Waals surface area contributed by atoms with Crippen LogP contribution in [0, 0.1) is 5.92 Å². The minimum absolute atomic E-state index is 0.0807. The number of piperidine rings is 1. The molecule has 0 saturated carbocycles. The Morgan fingerprint density at radius 1 is 1.40 bits per heavy atom. The van der Waals surface area contributed by atoms with Gasteiger partial charge in [-0.25, -0.2) is 0 Å². The van der Waals surface area contributed by atoms with Crippen molar-refractivity contribution < 1.29 is 9.59 Å². The Kier molecular flexibility index (Phi) is 6.25. The van der Waals surface area contributed by atoms with Crippen molar-refractivity contribution in [2.45, 2.75) is 35.8 Å². The van der Waals surface area contributed by atoms with Gasteiger partial charge in [0.05, 0.1) is 10.9 Å². The van der Waals surface area contributed by atoms with E-state index in [1.165, 1.54) is 18.2 Å². The molecule has 2 amide bonds. The molecule has 1 aromatic carbocycles. The van der Waals surface area contributed by atoms with Gasteiger partial charge >= 0.3 is 0 Å². The lowest BCUT2D eigenvalue weighted by Gasteiger charge is -2.33. The van der Waals surface area contributed by atoms with Gasteiger partial charge < -0.3 is 15.5 Å². The number of fused-ring (bicyclic) bond motifs is 1. The quantitative estimate of drug-likeness (QED) is 0.823. The number of anilines is 1. The van der Waals surface area contributed by atoms with Crippen molar-refractivity contribution in [3.8, 4) is 0 Å². The molecule has 1 atom stereocenters. The lowest BCUT2D eigenvalue weighted by molar-refractivity contribution is -0.133. The number of likely N-dealkylation sites (tertiary alicyclic amines) is 1. The fourth-order valence-electron chi connectivity index (χ4n) is 3.36. The molecule has 0 bridgehead atoms. The molecule has 1 saturated heterocycles. The van der Waals surface area contributed by atoms with Gasteiger partial charge in [0, 0.05) is 29.4 Å². The van der Waals surface area contributed by atoms with Crippen LogP contribution in [0.15, 0.2) is 23.1 Å². The minimum Gasteiger partial charge on any atom is -0.343 e. The number of thioether (sulfide) groups is 1. The van der Waals surface area contributed by atoms with Crippen molar-refractivity contribution in [3.63, 3.8) is 0 Å². The molecule has 25 heavy (non-hydrogen) atoms. The number of carbonyl (C=O) groups is 2. The summed E-state index contributed by atoms with van der Waals surface area (Å²) in [7, 11) is 1.97. The number of rotatable bonds is 5. The fourth-order valence-corrected chi connectivity index (χ4v) is 4.62. The highest BCUT2D eigenvalue weighted by Gasteiger charge is 2.31. The monoisotopic (exact) mass is 381 g/mol. The number of amides is 2. The molecule has 2 aliphatic heterocycles. The van der Waals surface area contributed by atoms with Gasteiger partial charge in [-0.05, 0) is 57.0 Å². The average Bonchev–Trinajstić information content (AvgIpc) is 2.61. The molecule has 1 unspecified atom stereocenters. The average molecular weight is 382 g/mol. The van der Waals surface area contributed by atoms with Crippen molar-refractivity contribution in [2.75, 3.05) is 32.0 Å². The molecule has 0 aliphatic carbocycles. The second-order valence-electron chi connectivity index (χ2n) is 6.66. The van der Waals surface area contributed by atoms with Crippen LogP contribution in [0.3, 0.4) is 0 Å². The van der Waals surface area contributed by atoms with Gasteiger partial charge in [0.15, 0.2) is 0 Å². The summed E-state index contributed by atoms with van der Waals surface area (Å²) in [5.41, 5.74) is 0.733. The molecular weight excluding hydrogens is 358 g/mol. The van der Waals surface area contributed by atoms with Gasteiger partial charge in [-0.2, -0.15) is 0 Å². The zero-order chi connectivity index (χ0) is 17.8. The molecule has 1 fully saturated rings. The van der Waals surface area contributed by atoms with Crippen molar-refractivity contribution in [1.82, 2.24) is 10.2 Å². The Labute approximate surface area is 157 Å². The van der Waals surface area contributed by atoms with E-state index in [2.05, 4.69) is 10.6 Å². The third-order valence-electron chi connectivity index (χ3n) is 4.89. The number of nitrogens with zero attached hydrogens (tertiary/aromatic N) is 1. The molecule has 136 valence electrons. The molecule has 0 spiro atoms. The van der Waals surface area contributed by atoms with Crippen molar-refractivity contribution in [3.05, 3.63) is 23.2 Å². The number of nitrogens with one attached hydrogen (secondary N) is 2. The Morgan fingerprint density at radius 3 is 2.88 bits per heavy atom.